The first kappa shape index (κ1) is 25.4. The summed E-state index contributed by atoms with van der Waals surface area (Å²) in [5.41, 5.74) is -0.427. The number of anilines is 1. The van der Waals surface area contributed by atoms with E-state index in [2.05, 4.69) is 20.1 Å². The van der Waals surface area contributed by atoms with Crippen LogP contribution in [0, 0.1) is 0 Å². The second-order valence-corrected chi connectivity index (χ2v) is 11.6. The van der Waals surface area contributed by atoms with Crippen LogP contribution in [0.15, 0.2) is 37.9 Å². The first-order valence-electron chi connectivity index (χ1n) is 8.81. The Morgan fingerprint density at radius 2 is 1.78 bits per heavy atom. The maximum atomic E-state index is 12.5. The number of primary sulfonamides is 1. The average Bonchev–Trinajstić information content (AvgIpc) is 2.99. The summed E-state index contributed by atoms with van der Waals surface area (Å²) in [6.45, 7) is 4.70. The first-order chi connectivity index (χ1) is 14.6. The predicted octanol–water partition coefficient (Wildman–Crippen LogP) is -0.118. The topological polar surface area (TPSA) is 192 Å². The molecule has 0 unspecified atom stereocenters. The lowest BCUT2D eigenvalue weighted by molar-refractivity contribution is -0.115. The Balaban J connectivity index is 2.09. The summed E-state index contributed by atoms with van der Waals surface area (Å²) in [6.07, 6.45) is -0.752. The lowest BCUT2D eigenvalue weighted by Gasteiger charge is -2.19. The average molecular weight is 507 g/mol. The van der Waals surface area contributed by atoms with Crippen molar-refractivity contribution in [3.63, 3.8) is 0 Å². The second kappa shape index (κ2) is 9.35. The van der Waals surface area contributed by atoms with Crippen LogP contribution < -0.4 is 20.6 Å². The summed E-state index contributed by atoms with van der Waals surface area (Å²) in [4.78, 5) is 23.1. The molecule has 2 amide bonds. The van der Waals surface area contributed by atoms with E-state index < -0.39 is 42.0 Å². The highest BCUT2D eigenvalue weighted by atomic mass is 32.2. The van der Waals surface area contributed by atoms with Crippen LogP contribution in [0.25, 0.3) is 0 Å². The van der Waals surface area contributed by atoms with Gasteiger partial charge in [-0.15, -0.1) is 9.50 Å². The number of aryl methyl sites for hydroxylation is 1. The molecule has 0 bridgehead atoms. The minimum absolute atomic E-state index is 0.195. The molecule has 0 atom stereocenters. The van der Waals surface area contributed by atoms with Crippen LogP contribution in [-0.2, 0) is 36.6 Å². The van der Waals surface area contributed by atoms with E-state index in [1.807, 2.05) is 0 Å². The number of amides is 2. The molecule has 1 heterocycles. The van der Waals surface area contributed by atoms with Gasteiger partial charge in [0.2, 0.25) is 15.0 Å². The highest BCUT2D eigenvalue weighted by Crippen LogP contribution is 2.16. The van der Waals surface area contributed by atoms with E-state index in [9.17, 15) is 26.4 Å². The zero-order valence-corrected chi connectivity index (χ0v) is 20.0. The van der Waals surface area contributed by atoms with Gasteiger partial charge in [0.05, 0.1) is 4.90 Å². The first-order valence-corrected chi connectivity index (χ1v) is 12.6. The van der Waals surface area contributed by atoms with Gasteiger partial charge in [-0.25, -0.2) is 23.0 Å². The molecule has 0 spiro atoms. The SMILES string of the molecule is Cn1nc(S(N)(=O)=O)s/c1=N/S(=O)(=O)c1ccc(NC(=O)CNC(=O)OC(C)(C)C)cc1. The standard InChI is InChI=1S/C16H22N6O7S3/c1-16(2,3)29-14(24)18-9-12(23)19-10-5-7-11(8-6-10)32(27,28)21-13-22(4)20-15(30-13)31(17,25)26/h5-8H,9H2,1-4H3,(H,18,24)(H,19,23)(H2,17,25,26)/b21-13+. The molecule has 4 N–H and O–H groups in total. The van der Waals surface area contributed by atoms with E-state index in [0.717, 1.165) is 4.68 Å². The number of hydrogen-bond donors (Lipinski definition) is 3. The number of hydrogen-bond acceptors (Lipinski definition) is 9. The van der Waals surface area contributed by atoms with Crippen molar-refractivity contribution >= 4 is 49.1 Å². The van der Waals surface area contributed by atoms with Crippen molar-refractivity contribution < 1.29 is 31.2 Å². The van der Waals surface area contributed by atoms with Gasteiger partial charge in [-0.05, 0) is 45.0 Å². The smallest absolute Gasteiger partial charge is 0.408 e. The number of nitrogens with one attached hydrogen (secondary N) is 2. The van der Waals surface area contributed by atoms with E-state index >= 15 is 0 Å². The third kappa shape index (κ3) is 7.40. The Morgan fingerprint density at radius 1 is 1.19 bits per heavy atom. The highest BCUT2D eigenvalue weighted by molar-refractivity contribution is 7.91. The van der Waals surface area contributed by atoms with Gasteiger partial charge in [-0.2, -0.15) is 8.42 Å². The molecule has 1 aromatic heterocycles. The van der Waals surface area contributed by atoms with Gasteiger partial charge in [-0.3, -0.25) is 4.79 Å². The zero-order chi connectivity index (χ0) is 24.3. The van der Waals surface area contributed by atoms with E-state index in [-0.39, 0.29) is 21.9 Å². The number of aromatic nitrogens is 2. The number of alkyl carbamates (subject to hydrolysis) is 1. The third-order valence-corrected chi connectivity index (χ3v) is 7.06. The third-order valence-electron chi connectivity index (χ3n) is 3.36. The maximum Gasteiger partial charge on any atom is 0.408 e. The van der Waals surface area contributed by atoms with Crippen LogP contribution in [0.2, 0.25) is 0 Å². The molecule has 1 aromatic carbocycles. The molecular weight excluding hydrogens is 484 g/mol. The number of sulfonamides is 2. The number of carbonyl (C=O) groups is 2. The van der Waals surface area contributed by atoms with Crippen LogP contribution in [0.5, 0.6) is 0 Å². The van der Waals surface area contributed by atoms with Crippen molar-refractivity contribution in [3.8, 4) is 0 Å². The summed E-state index contributed by atoms with van der Waals surface area (Å²) in [5, 5.41) is 13.4. The minimum Gasteiger partial charge on any atom is -0.444 e. The number of ether oxygens (including phenoxy) is 1. The molecule has 0 aliphatic rings. The second-order valence-electron chi connectivity index (χ2n) is 7.31. The van der Waals surface area contributed by atoms with Crippen LogP contribution in [0.3, 0.4) is 0 Å². The van der Waals surface area contributed by atoms with Crippen molar-refractivity contribution in [2.45, 2.75) is 35.6 Å². The largest absolute Gasteiger partial charge is 0.444 e. The molecule has 2 rings (SSSR count). The quantitative estimate of drug-likeness (QED) is 0.482. The maximum absolute atomic E-state index is 12.5. The molecule has 0 aliphatic carbocycles. The fraction of sp³-hybridized carbons (Fsp3) is 0.375. The summed E-state index contributed by atoms with van der Waals surface area (Å²) in [7, 11) is -6.98. The molecule has 176 valence electrons. The molecule has 0 aliphatic heterocycles. The van der Waals surface area contributed by atoms with Gasteiger partial charge < -0.3 is 15.4 Å². The molecule has 0 radical (unpaired) electrons. The molecule has 16 heteroatoms. The van der Waals surface area contributed by atoms with Crippen LogP contribution in [0.4, 0.5) is 10.5 Å². The van der Waals surface area contributed by atoms with E-state index in [0.29, 0.717) is 11.3 Å². The zero-order valence-electron chi connectivity index (χ0n) is 17.5. The molecule has 13 nitrogen and oxygen atoms in total. The normalized spacial score (nSPS) is 13.0. The fourth-order valence-corrected chi connectivity index (χ4v) is 4.83. The van der Waals surface area contributed by atoms with Crippen LogP contribution in [-0.4, -0.2) is 50.8 Å². The van der Waals surface area contributed by atoms with Crippen molar-refractivity contribution in [1.29, 1.82) is 0 Å². The van der Waals surface area contributed by atoms with Gasteiger partial charge in [0.15, 0.2) is 0 Å². The van der Waals surface area contributed by atoms with E-state index in [1.54, 1.807) is 20.8 Å². The molecular formula is C16H22N6O7S3. The number of rotatable bonds is 6. The van der Waals surface area contributed by atoms with Gasteiger partial charge in [0.25, 0.3) is 20.0 Å². The Kier molecular flexibility index (Phi) is 7.44. The lowest BCUT2D eigenvalue weighted by Crippen LogP contribution is -2.37. The Labute approximate surface area is 188 Å². The number of carbonyl (C=O) groups excluding carboxylic acids is 2. The molecule has 0 saturated carbocycles. The summed E-state index contributed by atoms with van der Waals surface area (Å²) >= 11 is 0.502. The highest BCUT2D eigenvalue weighted by Gasteiger charge is 2.19. The summed E-state index contributed by atoms with van der Waals surface area (Å²) in [6, 6.07) is 5.07. The predicted molar refractivity (Wildman–Crippen MR) is 115 cm³/mol. The van der Waals surface area contributed by atoms with Crippen molar-refractivity contribution in [1.82, 2.24) is 15.1 Å². The Morgan fingerprint density at radius 3 is 2.28 bits per heavy atom. The van der Waals surface area contributed by atoms with Gasteiger partial charge in [0.1, 0.15) is 12.1 Å². The van der Waals surface area contributed by atoms with Crippen molar-refractivity contribution in [2.75, 3.05) is 11.9 Å². The fourth-order valence-electron chi connectivity index (χ4n) is 2.06. The van der Waals surface area contributed by atoms with Crippen LogP contribution >= 0.6 is 11.3 Å². The Bertz CT molecular complexity index is 1290. The van der Waals surface area contributed by atoms with Gasteiger partial charge >= 0.3 is 6.09 Å². The Hall–Kier alpha value is -2.82. The van der Waals surface area contributed by atoms with Gasteiger partial charge in [0, 0.05) is 12.7 Å². The van der Waals surface area contributed by atoms with E-state index in [1.165, 1.54) is 31.3 Å². The summed E-state index contributed by atoms with van der Waals surface area (Å²) in [5.74, 6) is -0.552. The van der Waals surface area contributed by atoms with Crippen molar-refractivity contribution in [2.24, 2.45) is 16.6 Å². The van der Waals surface area contributed by atoms with Crippen molar-refractivity contribution in [3.05, 3.63) is 29.1 Å². The van der Waals surface area contributed by atoms with Crippen LogP contribution in [0.1, 0.15) is 20.8 Å². The minimum atomic E-state index is -4.20. The molecule has 2 aromatic rings. The van der Waals surface area contributed by atoms with Gasteiger partial charge in [-0.1, -0.05) is 11.3 Å². The number of nitrogens with zero attached hydrogens (tertiary/aromatic N) is 3. The molecule has 0 saturated heterocycles. The molecule has 0 fully saturated rings. The number of benzene rings is 1. The monoisotopic (exact) mass is 506 g/mol. The molecule has 32 heavy (non-hydrogen) atoms. The summed E-state index contributed by atoms with van der Waals surface area (Å²) < 4.78 is 56.8. The van der Waals surface area contributed by atoms with E-state index in [4.69, 9.17) is 9.88 Å². The number of nitrogens with two attached hydrogens (primary N) is 1. The lowest BCUT2D eigenvalue weighted by atomic mass is 10.2.